The summed E-state index contributed by atoms with van der Waals surface area (Å²) in [5.41, 5.74) is 6.68. The molecule has 0 atom stereocenters. The van der Waals surface area contributed by atoms with Crippen LogP contribution in [0.5, 0.6) is 0 Å². The van der Waals surface area contributed by atoms with Crippen molar-refractivity contribution in [1.82, 2.24) is 40.8 Å². The first-order chi connectivity index (χ1) is 5.92. The third-order valence-corrected chi connectivity index (χ3v) is 1.08. The average molecular weight is 166 g/mol. The molecule has 2 aromatic heterocycles. The molecule has 10 nitrogen and oxygen atoms in total. The van der Waals surface area contributed by atoms with Gasteiger partial charge in [-0.05, 0) is 15.6 Å². The van der Waals surface area contributed by atoms with E-state index in [1.807, 2.05) is 0 Å². The molecule has 2 N–H and O–H groups in total. The number of H-pyrrole nitrogens is 1. The fraction of sp³-hybridized carbons (Fsp3) is 0. The van der Waals surface area contributed by atoms with Crippen LogP contribution in [0.1, 0.15) is 0 Å². The van der Waals surface area contributed by atoms with E-state index in [1.165, 1.54) is 0 Å². The van der Waals surface area contributed by atoms with E-state index in [4.69, 9.17) is 5.53 Å². The lowest BCUT2D eigenvalue weighted by Gasteiger charge is -1.88. The molecule has 0 aliphatic carbocycles. The van der Waals surface area contributed by atoms with Crippen molar-refractivity contribution >= 4 is 5.95 Å². The highest BCUT2D eigenvalue weighted by Gasteiger charge is 2.09. The Labute approximate surface area is 64.5 Å². The van der Waals surface area contributed by atoms with Crippen LogP contribution in [-0.2, 0) is 0 Å². The zero-order valence-corrected chi connectivity index (χ0v) is 5.58. The Balaban J connectivity index is 2.53. The van der Waals surface area contributed by atoms with Crippen molar-refractivity contribution in [2.45, 2.75) is 0 Å². The van der Waals surface area contributed by atoms with Crippen LogP contribution in [0.25, 0.3) is 5.95 Å². The van der Waals surface area contributed by atoms with Crippen molar-refractivity contribution in [3.05, 3.63) is 0 Å². The van der Waals surface area contributed by atoms with E-state index < -0.39 is 0 Å². The quantitative estimate of drug-likeness (QED) is 0.540. The van der Waals surface area contributed by atoms with Crippen LogP contribution in [0.4, 0.5) is 5.95 Å². The van der Waals surface area contributed by atoms with Gasteiger partial charge in [-0.15, -0.1) is 14.9 Å². The monoisotopic (exact) mass is 166 g/mol. The molecule has 2 rings (SSSR count). The largest absolute Gasteiger partial charge is 0.294 e. The number of nitrogens with zero attached hydrogens (tertiary/aromatic N) is 8. The fourth-order valence-electron chi connectivity index (χ4n) is 0.628. The van der Waals surface area contributed by atoms with Crippen LogP contribution >= 0.6 is 0 Å². The van der Waals surface area contributed by atoms with E-state index in [9.17, 15) is 0 Å². The minimum absolute atomic E-state index is 0.00333. The Morgan fingerprint density at radius 2 is 2.33 bits per heavy atom. The number of rotatable bonds is 2. The van der Waals surface area contributed by atoms with Crippen molar-refractivity contribution in [3.8, 4) is 5.95 Å². The molecule has 0 aliphatic heterocycles. The first-order valence-electron chi connectivity index (χ1n) is 2.81. The standard InChI is InChI=1S/C2H2N10/c3-4-1-5-10-11-12(1)2-6-8-9-7-2/h3H,(H,6,7,8,9). The second kappa shape index (κ2) is 2.41. The zero-order valence-electron chi connectivity index (χ0n) is 5.58. The molecule has 0 unspecified atom stereocenters. The third kappa shape index (κ3) is 0.817. The molecule has 10 heteroatoms. The van der Waals surface area contributed by atoms with Crippen molar-refractivity contribution in [1.29, 1.82) is 5.53 Å². The summed E-state index contributed by atoms with van der Waals surface area (Å²) in [7, 11) is 0. The van der Waals surface area contributed by atoms with Gasteiger partial charge in [-0.2, -0.15) is 5.21 Å². The number of nitrogens with one attached hydrogen (secondary N) is 2. The van der Waals surface area contributed by atoms with E-state index in [0.717, 1.165) is 4.68 Å². The molecule has 12 heavy (non-hydrogen) atoms. The highest BCUT2D eigenvalue weighted by Crippen LogP contribution is 2.06. The van der Waals surface area contributed by atoms with Crippen molar-refractivity contribution in [2.24, 2.45) is 5.11 Å². The molecular formula is C2H2N10. The maximum absolute atomic E-state index is 6.68. The molecule has 2 aromatic rings. The number of hydrogen-bond donors (Lipinski definition) is 2. The first kappa shape index (κ1) is 6.45. The van der Waals surface area contributed by atoms with Crippen molar-refractivity contribution < 1.29 is 0 Å². The van der Waals surface area contributed by atoms with E-state index in [0.29, 0.717) is 0 Å². The Morgan fingerprint density at radius 1 is 1.42 bits per heavy atom. The summed E-state index contributed by atoms with van der Waals surface area (Å²) in [6.07, 6.45) is 0. The summed E-state index contributed by atoms with van der Waals surface area (Å²) < 4.78 is 1.08. The number of aromatic nitrogens is 8. The molecule has 0 bridgehead atoms. The maximum atomic E-state index is 6.68. The molecule has 0 aliphatic rings. The summed E-state index contributed by atoms with van der Waals surface area (Å²) in [5, 5.41) is 25.9. The second-order valence-corrected chi connectivity index (χ2v) is 1.71. The van der Waals surface area contributed by atoms with Crippen LogP contribution in [0.15, 0.2) is 5.11 Å². The average Bonchev–Trinajstić information content (AvgIpc) is 2.74. The van der Waals surface area contributed by atoms with E-state index in [-0.39, 0.29) is 11.9 Å². The van der Waals surface area contributed by atoms with Gasteiger partial charge in [0.2, 0.25) is 0 Å². The normalized spacial score (nSPS) is 10.0. The number of aromatic amines is 1. The van der Waals surface area contributed by atoms with Gasteiger partial charge in [0.1, 0.15) is 0 Å². The van der Waals surface area contributed by atoms with Gasteiger partial charge in [0.15, 0.2) is 0 Å². The lowest BCUT2D eigenvalue weighted by atomic mass is 10.9. The molecule has 0 fully saturated rings. The summed E-state index contributed by atoms with van der Waals surface area (Å²) in [5.74, 6) is 0.141. The second-order valence-electron chi connectivity index (χ2n) is 1.71. The van der Waals surface area contributed by atoms with Crippen LogP contribution in [-0.4, -0.2) is 40.8 Å². The predicted octanol–water partition coefficient (Wildman–Crippen LogP) is -1.16. The van der Waals surface area contributed by atoms with Crippen LogP contribution in [0.3, 0.4) is 0 Å². The molecule has 2 heterocycles. The molecule has 0 spiro atoms. The van der Waals surface area contributed by atoms with Gasteiger partial charge in [0.05, 0.1) is 0 Å². The smallest absolute Gasteiger partial charge is 0.201 e. The van der Waals surface area contributed by atoms with Gasteiger partial charge >= 0.3 is 0 Å². The van der Waals surface area contributed by atoms with Gasteiger partial charge in [0, 0.05) is 0 Å². The summed E-state index contributed by atoms with van der Waals surface area (Å²) in [4.78, 5) is 0. The molecular weight excluding hydrogens is 164 g/mol. The van der Waals surface area contributed by atoms with Gasteiger partial charge in [-0.1, -0.05) is 10.2 Å². The highest BCUT2D eigenvalue weighted by molar-refractivity contribution is 5.18. The number of tetrazole rings is 2. The minimum Gasteiger partial charge on any atom is -0.201 e. The van der Waals surface area contributed by atoms with E-state index >= 15 is 0 Å². The van der Waals surface area contributed by atoms with Crippen LogP contribution in [0.2, 0.25) is 0 Å². The Kier molecular flexibility index (Phi) is 1.30. The van der Waals surface area contributed by atoms with Gasteiger partial charge < -0.3 is 0 Å². The first-order valence-corrected chi connectivity index (χ1v) is 2.81. The van der Waals surface area contributed by atoms with Crippen molar-refractivity contribution in [3.63, 3.8) is 0 Å². The lowest BCUT2D eigenvalue weighted by Crippen LogP contribution is -1.98. The lowest BCUT2D eigenvalue weighted by molar-refractivity contribution is 0.747. The fourth-order valence-corrected chi connectivity index (χ4v) is 0.628. The summed E-state index contributed by atoms with van der Waals surface area (Å²) >= 11 is 0. The highest BCUT2D eigenvalue weighted by atomic mass is 15.6. The summed E-state index contributed by atoms with van der Waals surface area (Å²) in [6.45, 7) is 0. The van der Waals surface area contributed by atoms with Gasteiger partial charge in [-0.25, -0.2) is 5.53 Å². The SMILES string of the molecule is N=Nc1nnnn1-c1nn[nH]n1. The molecule has 0 saturated heterocycles. The Morgan fingerprint density at radius 3 is 3.00 bits per heavy atom. The molecule has 0 amide bonds. The van der Waals surface area contributed by atoms with Crippen LogP contribution in [0, 0.1) is 5.53 Å². The zero-order chi connectivity index (χ0) is 8.39. The minimum atomic E-state index is -0.00333. The van der Waals surface area contributed by atoms with Crippen LogP contribution < -0.4 is 0 Å². The Bertz CT molecular complexity index is 368. The molecule has 0 aromatic carbocycles. The molecule has 0 saturated carbocycles. The maximum Gasteiger partial charge on any atom is 0.294 e. The van der Waals surface area contributed by atoms with Gasteiger partial charge in [-0.3, -0.25) is 0 Å². The summed E-state index contributed by atoms with van der Waals surface area (Å²) in [6, 6.07) is 0. The number of hydrogen-bond acceptors (Lipinski definition) is 8. The Hall–Kier alpha value is -2.26. The third-order valence-electron chi connectivity index (χ3n) is 1.08. The molecule has 0 radical (unpaired) electrons. The van der Waals surface area contributed by atoms with Gasteiger partial charge in [0.25, 0.3) is 11.9 Å². The predicted molar refractivity (Wildman–Crippen MR) is 31.7 cm³/mol. The molecule has 60 valence electrons. The van der Waals surface area contributed by atoms with E-state index in [1.54, 1.807) is 0 Å². The van der Waals surface area contributed by atoms with Crippen molar-refractivity contribution in [2.75, 3.05) is 0 Å². The topological polar surface area (TPSA) is 134 Å². The van der Waals surface area contributed by atoms with E-state index in [2.05, 4.69) is 41.3 Å².